The van der Waals surface area contributed by atoms with Crippen LogP contribution in [0.25, 0.3) is 0 Å². The van der Waals surface area contributed by atoms with Crippen molar-refractivity contribution in [1.82, 2.24) is 0 Å². The summed E-state index contributed by atoms with van der Waals surface area (Å²) in [6.07, 6.45) is -0.620. The molecule has 370 valence electrons. The number of methoxy groups -OCH3 is 3. The number of fused-ring (bicyclic) bond motifs is 5. The topological polar surface area (TPSA) is 207 Å². The normalized spacial score (nSPS) is 49.1. The van der Waals surface area contributed by atoms with E-state index in [-0.39, 0.29) is 49.9 Å². The molecule has 7 rings (SSSR count). The number of aliphatic hydroxyl groups is 4. The molecule has 16 nitrogen and oxygen atoms in total. The Hall–Kier alpha value is -1.90. The number of ketones is 1. The van der Waals surface area contributed by atoms with Crippen LogP contribution in [-0.2, 0) is 57.0 Å². The third kappa shape index (κ3) is 8.75. The molecule has 0 aromatic heterocycles. The number of esters is 1. The second kappa shape index (κ2) is 19.1. The predicted octanol–water partition coefficient (Wildman–Crippen LogP) is 4.59. The second-order valence-electron chi connectivity index (χ2n) is 21.0. The summed E-state index contributed by atoms with van der Waals surface area (Å²) in [5, 5.41) is 48.3. The first-order valence-corrected chi connectivity index (χ1v) is 24.0. The van der Waals surface area contributed by atoms with Crippen molar-refractivity contribution in [3.05, 3.63) is 23.3 Å². The summed E-state index contributed by atoms with van der Waals surface area (Å²) >= 11 is 0. The molecule has 3 aliphatic heterocycles. The lowest BCUT2D eigenvalue weighted by molar-refractivity contribution is -0.338. The number of ether oxygens (including phenoxy) is 10. The van der Waals surface area contributed by atoms with E-state index in [1.807, 2.05) is 40.7 Å². The van der Waals surface area contributed by atoms with Gasteiger partial charge in [0.1, 0.15) is 41.2 Å². The van der Waals surface area contributed by atoms with Gasteiger partial charge < -0.3 is 67.8 Å². The van der Waals surface area contributed by atoms with Gasteiger partial charge in [0.2, 0.25) is 0 Å². The maximum Gasteiger partial charge on any atom is 0.330 e. The maximum absolute atomic E-state index is 13.5. The molecule has 3 saturated heterocycles. The fraction of sp³-hybridized carbons (Fsp3) is 0.878. The SMILES string of the molecule is COC1CC(OC2C(C)OC(OC3C(C)OC(OC4CCC5(C)C(=CCC6(O)C5CC(OC(=O)C=C(C)C(C)C)C5(C)C(O)(C(C)=O)CCC65O)C4)CC3OC)CC2OC)OC(C)C1O. The molecule has 6 fully saturated rings. The van der Waals surface area contributed by atoms with Crippen molar-refractivity contribution in [2.45, 2.75) is 229 Å². The van der Waals surface area contributed by atoms with E-state index in [1.165, 1.54) is 13.0 Å². The van der Waals surface area contributed by atoms with Crippen LogP contribution in [0.15, 0.2) is 23.3 Å². The molecule has 4 N–H and O–H groups in total. The molecule has 0 aromatic rings. The van der Waals surface area contributed by atoms with Gasteiger partial charge in [-0.05, 0) is 97.8 Å². The van der Waals surface area contributed by atoms with Gasteiger partial charge in [-0.25, -0.2) is 4.79 Å². The van der Waals surface area contributed by atoms with Crippen LogP contribution >= 0.6 is 0 Å². The molecular formula is C49H78O16. The van der Waals surface area contributed by atoms with E-state index in [0.717, 1.165) is 11.1 Å². The lowest BCUT2D eigenvalue weighted by Gasteiger charge is -2.67. The highest BCUT2D eigenvalue weighted by atomic mass is 16.7. The van der Waals surface area contributed by atoms with Crippen molar-refractivity contribution in [2.24, 2.45) is 22.7 Å². The Morgan fingerprint density at radius 2 is 1.31 bits per heavy atom. The highest BCUT2D eigenvalue weighted by molar-refractivity contribution is 5.87. The Labute approximate surface area is 384 Å². The first kappa shape index (κ1) is 51.0. The van der Waals surface area contributed by atoms with E-state index in [0.29, 0.717) is 38.5 Å². The van der Waals surface area contributed by atoms with E-state index < -0.39 is 113 Å². The Bertz CT molecular complexity index is 1790. The standard InChI is InChI=1S/C49H78O16/c1-25(2)26(3)19-38(51)63-37-24-36-45(8)15-14-32(20-31(45)13-16-48(36,54)49(55)18-17-47(53,30(7)50)46(37,49)9)62-39-22-34(57-11)43(28(5)60-39)65-41-23-35(58-12)44(29(6)61-41)64-40-21-33(56-10)42(52)27(4)59-40/h13,19,25,27-29,32-37,39-44,52-55H,14-18,20-24H2,1-12H3. The lowest BCUT2D eigenvalue weighted by Crippen LogP contribution is -2.78. The van der Waals surface area contributed by atoms with Crippen LogP contribution in [0.1, 0.15) is 127 Å². The summed E-state index contributed by atoms with van der Waals surface area (Å²) in [4.78, 5) is 26.8. The number of Topliss-reactive ketones (excluding diaryl/α,β-unsaturated/α-hetero) is 1. The first-order valence-electron chi connectivity index (χ1n) is 24.0. The van der Waals surface area contributed by atoms with Gasteiger partial charge in [-0.15, -0.1) is 0 Å². The van der Waals surface area contributed by atoms with Gasteiger partial charge in [-0.2, -0.15) is 0 Å². The van der Waals surface area contributed by atoms with E-state index >= 15 is 0 Å². The van der Waals surface area contributed by atoms with Crippen molar-refractivity contribution >= 4 is 11.8 Å². The Balaban J connectivity index is 1.01. The monoisotopic (exact) mass is 923 g/mol. The van der Waals surface area contributed by atoms with E-state index in [1.54, 1.807) is 35.2 Å². The molecule has 65 heavy (non-hydrogen) atoms. The Morgan fingerprint density at radius 3 is 1.85 bits per heavy atom. The van der Waals surface area contributed by atoms with Crippen LogP contribution in [0, 0.1) is 22.7 Å². The molecule has 3 saturated carbocycles. The van der Waals surface area contributed by atoms with Crippen LogP contribution in [0.5, 0.6) is 0 Å². The summed E-state index contributed by atoms with van der Waals surface area (Å²) < 4.78 is 62.1. The Kier molecular flexibility index (Phi) is 15.0. The van der Waals surface area contributed by atoms with Crippen molar-refractivity contribution in [3.63, 3.8) is 0 Å². The zero-order valence-electron chi connectivity index (χ0n) is 40.7. The van der Waals surface area contributed by atoms with Crippen LogP contribution < -0.4 is 0 Å². The van der Waals surface area contributed by atoms with Gasteiger partial charge in [0.15, 0.2) is 24.7 Å². The molecule has 0 aromatic carbocycles. The average molecular weight is 923 g/mol. The van der Waals surface area contributed by atoms with Crippen LogP contribution in [-0.4, -0.2) is 156 Å². The molecule has 0 radical (unpaired) electrons. The fourth-order valence-corrected chi connectivity index (χ4v) is 12.9. The minimum Gasteiger partial charge on any atom is -0.458 e. The van der Waals surface area contributed by atoms with Crippen molar-refractivity contribution < 1.29 is 77.4 Å². The number of carbonyl (C=O) groups excluding carboxylic acids is 2. The second-order valence-corrected chi connectivity index (χ2v) is 21.0. The van der Waals surface area contributed by atoms with E-state index in [2.05, 4.69) is 6.92 Å². The third-order valence-electron chi connectivity index (χ3n) is 17.4. The number of hydrogen-bond acceptors (Lipinski definition) is 16. The summed E-state index contributed by atoms with van der Waals surface area (Å²) in [6.45, 7) is 16.4. The zero-order chi connectivity index (χ0) is 47.6. The summed E-state index contributed by atoms with van der Waals surface area (Å²) in [7, 11) is 4.84. The van der Waals surface area contributed by atoms with Gasteiger partial charge in [-0.3, -0.25) is 4.79 Å². The molecule has 20 unspecified atom stereocenters. The molecule has 3 heterocycles. The van der Waals surface area contributed by atoms with Gasteiger partial charge in [0.25, 0.3) is 0 Å². The minimum absolute atomic E-state index is 0.0276. The van der Waals surface area contributed by atoms with Crippen LogP contribution in [0.2, 0.25) is 0 Å². The molecular weight excluding hydrogens is 845 g/mol. The number of aliphatic hydroxyl groups excluding tert-OH is 1. The molecule has 0 bridgehead atoms. The summed E-state index contributed by atoms with van der Waals surface area (Å²) in [5.74, 6) is -1.59. The number of rotatable bonds is 13. The smallest absolute Gasteiger partial charge is 0.330 e. The zero-order valence-corrected chi connectivity index (χ0v) is 40.7. The largest absolute Gasteiger partial charge is 0.458 e. The van der Waals surface area contributed by atoms with Gasteiger partial charge in [0, 0.05) is 52.6 Å². The van der Waals surface area contributed by atoms with E-state index in [9.17, 15) is 30.0 Å². The van der Waals surface area contributed by atoms with Crippen molar-refractivity contribution in [1.29, 1.82) is 0 Å². The summed E-state index contributed by atoms with van der Waals surface area (Å²) in [6, 6.07) is 0. The molecule has 0 amide bonds. The van der Waals surface area contributed by atoms with Crippen LogP contribution in [0.3, 0.4) is 0 Å². The van der Waals surface area contributed by atoms with E-state index in [4.69, 9.17) is 47.4 Å². The highest BCUT2D eigenvalue weighted by Crippen LogP contribution is 2.71. The van der Waals surface area contributed by atoms with Crippen molar-refractivity contribution in [3.8, 4) is 0 Å². The Morgan fingerprint density at radius 1 is 0.769 bits per heavy atom. The highest BCUT2D eigenvalue weighted by Gasteiger charge is 2.81. The van der Waals surface area contributed by atoms with Gasteiger partial charge >= 0.3 is 5.97 Å². The quantitative estimate of drug-likeness (QED) is 0.113. The molecule has 7 aliphatic rings. The minimum atomic E-state index is -2.02. The lowest BCUT2D eigenvalue weighted by atomic mass is 9.42. The fourth-order valence-electron chi connectivity index (χ4n) is 12.9. The van der Waals surface area contributed by atoms with Crippen LogP contribution in [0.4, 0.5) is 0 Å². The van der Waals surface area contributed by atoms with Crippen molar-refractivity contribution in [2.75, 3.05) is 21.3 Å². The predicted molar refractivity (Wildman–Crippen MR) is 234 cm³/mol. The number of hydrogen-bond donors (Lipinski definition) is 4. The summed E-state index contributed by atoms with van der Waals surface area (Å²) in [5.41, 5.74) is -6.04. The number of allylic oxidation sites excluding steroid dienone is 1. The van der Waals surface area contributed by atoms with Gasteiger partial charge in [-0.1, -0.05) is 38.0 Å². The molecule has 4 aliphatic carbocycles. The number of carbonyl (C=O) groups is 2. The molecule has 20 atom stereocenters. The maximum atomic E-state index is 13.5. The molecule has 16 heteroatoms. The third-order valence-corrected chi connectivity index (χ3v) is 17.4. The average Bonchev–Trinajstić information content (AvgIpc) is 3.48. The van der Waals surface area contributed by atoms with Gasteiger partial charge in [0.05, 0.1) is 48.1 Å². The first-order chi connectivity index (χ1) is 30.5. The molecule has 0 spiro atoms.